The molecule has 2 aromatic rings. The first-order valence-corrected chi connectivity index (χ1v) is 6.05. The summed E-state index contributed by atoms with van der Waals surface area (Å²) in [4.78, 5) is 4.03. The molecule has 0 radical (unpaired) electrons. The number of rotatable bonds is 3. The van der Waals surface area contributed by atoms with Crippen molar-refractivity contribution in [2.75, 3.05) is 0 Å². The molecule has 0 spiro atoms. The van der Waals surface area contributed by atoms with Crippen LogP contribution in [0.2, 0.25) is 5.02 Å². The lowest BCUT2D eigenvalue weighted by atomic mass is 10.3. The molecule has 1 heterocycles. The van der Waals surface area contributed by atoms with Gasteiger partial charge in [-0.05, 0) is 18.2 Å². The van der Waals surface area contributed by atoms with Crippen LogP contribution >= 0.6 is 27.5 Å². The number of aromatic nitrogens is 1. The van der Waals surface area contributed by atoms with E-state index >= 15 is 0 Å². The number of nitrogens with zero attached hydrogens (tertiary/aromatic N) is 1. The Morgan fingerprint density at radius 3 is 2.88 bits per heavy atom. The Morgan fingerprint density at radius 2 is 2.18 bits per heavy atom. The predicted octanol–water partition coefficient (Wildman–Crippen LogP) is 3.78. The van der Waals surface area contributed by atoms with Crippen LogP contribution in [0.5, 0.6) is 11.6 Å². The smallest absolute Gasteiger partial charge is 0.219 e. The highest BCUT2D eigenvalue weighted by atomic mass is 79.9. The molecule has 17 heavy (non-hydrogen) atoms. The van der Waals surface area contributed by atoms with Gasteiger partial charge in [-0.25, -0.2) is 4.98 Å². The van der Waals surface area contributed by atoms with Gasteiger partial charge in [0.15, 0.2) is 0 Å². The number of benzene rings is 1. The fourth-order valence-electron chi connectivity index (χ4n) is 1.29. The molecular weight excluding hydrogens is 305 g/mol. The lowest BCUT2D eigenvalue weighted by Crippen LogP contribution is -1.92. The third kappa shape index (κ3) is 3.19. The summed E-state index contributed by atoms with van der Waals surface area (Å²) in [6, 6.07) is 9.03. The minimum Gasteiger partial charge on any atom is -0.439 e. The van der Waals surface area contributed by atoms with Crippen molar-refractivity contribution in [2.24, 2.45) is 0 Å². The quantitative estimate of drug-likeness (QED) is 0.937. The average molecular weight is 315 g/mol. The summed E-state index contributed by atoms with van der Waals surface area (Å²) in [6.45, 7) is -0.143. The Hall–Kier alpha value is -1.10. The van der Waals surface area contributed by atoms with E-state index in [0.717, 1.165) is 4.47 Å². The SMILES string of the molecule is OCc1cc(Oc2cccc(Br)c2)ncc1Cl. The number of pyridine rings is 1. The lowest BCUT2D eigenvalue weighted by Gasteiger charge is -2.07. The number of hydrogen-bond acceptors (Lipinski definition) is 3. The van der Waals surface area contributed by atoms with Gasteiger partial charge in [0.2, 0.25) is 5.88 Å². The predicted molar refractivity (Wildman–Crippen MR) is 69.4 cm³/mol. The maximum atomic E-state index is 9.08. The van der Waals surface area contributed by atoms with E-state index in [2.05, 4.69) is 20.9 Å². The van der Waals surface area contributed by atoms with Crippen molar-refractivity contribution in [3.05, 3.63) is 51.6 Å². The van der Waals surface area contributed by atoms with Crippen LogP contribution < -0.4 is 4.74 Å². The van der Waals surface area contributed by atoms with Crippen LogP contribution in [0.25, 0.3) is 0 Å². The molecule has 2 rings (SSSR count). The van der Waals surface area contributed by atoms with Crippen LogP contribution in [-0.2, 0) is 6.61 Å². The van der Waals surface area contributed by atoms with E-state index < -0.39 is 0 Å². The monoisotopic (exact) mass is 313 g/mol. The van der Waals surface area contributed by atoms with E-state index in [1.807, 2.05) is 24.3 Å². The molecule has 1 aromatic heterocycles. The first-order chi connectivity index (χ1) is 8.19. The van der Waals surface area contributed by atoms with Gasteiger partial charge in [-0.1, -0.05) is 33.6 Å². The zero-order chi connectivity index (χ0) is 12.3. The lowest BCUT2D eigenvalue weighted by molar-refractivity contribution is 0.281. The van der Waals surface area contributed by atoms with Gasteiger partial charge in [-0.2, -0.15) is 0 Å². The van der Waals surface area contributed by atoms with E-state index in [1.54, 1.807) is 6.07 Å². The summed E-state index contributed by atoms with van der Waals surface area (Å²) in [5.41, 5.74) is 0.590. The summed E-state index contributed by atoms with van der Waals surface area (Å²) >= 11 is 9.19. The van der Waals surface area contributed by atoms with Gasteiger partial charge in [0.05, 0.1) is 11.6 Å². The van der Waals surface area contributed by atoms with Crippen molar-refractivity contribution < 1.29 is 9.84 Å². The molecule has 1 aromatic carbocycles. The van der Waals surface area contributed by atoms with Gasteiger partial charge >= 0.3 is 0 Å². The molecule has 0 aliphatic heterocycles. The molecule has 0 unspecified atom stereocenters. The van der Waals surface area contributed by atoms with Crippen molar-refractivity contribution >= 4 is 27.5 Å². The largest absolute Gasteiger partial charge is 0.439 e. The highest BCUT2D eigenvalue weighted by Gasteiger charge is 2.04. The Labute approximate surface area is 112 Å². The van der Waals surface area contributed by atoms with Crippen molar-refractivity contribution in [3.63, 3.8) is 0 Å². The van der Waals surface area contributed by atoms with E-state index in [-0.39, 0.29) is 6.61 Å². The van der Waals surface area contributed by atoms with Crippen LogP contribution in [0, 0.1) is 0 Å². The van der Waals surface area contributed by atoms with Crippen LogP contribution in [0.3, 0.4) is 0 Å². The molecule has 0 aliphatic carbocycles. The highest BCUT2D eigenvalue weighted by molar-refractivity contribution is 9.10. The minimum atomic E-state index is -0.143. The van der Waals surface area contributed by atoms with E-state index in [4.69, 9.17) is 21.4 Å². The fourth-order valence-corrected chi connectivity index (χ4v) is 1.83. The van der Waals surface area contributed by atoms with Crippen LogP contribution in [0.15, 0.2) is 41.0 Å². The van der Waals surface area contributed by atoms with Crippen molar-refractivity contribution in [1.82, 2.24) is 4.98 Å². The topological polar surface area (TPSA) is 42.4 Å². The van der Waals surface area contributed by atoms with Crippen LogP contribution in [0.4, 0.5) is 0 Å². The number of ether oxygens (including phenoxy) is 1. The molecular formula is C12H9BrClNO2. The molecule has 0 amide bonds. The third-order valence-electron chi connectivity index (χ3n) is 2.10. The van der Waals surface area contributed by atoms with Crippen molar-refractivity contribution in [3.8, 4) is 11.6 Å². The van der Waals surface area contributed by atoms with Gasteiger partial charge in [-0.3, -0.25) is 0 Å². The molecule has 88 valence electrons. The Morgan fingerprint density at radius 1 is 1.35 bits per heavy atom. The second-order valence-corrected chi connectivity index (χ2v) is 4.65. The molecule has 1 N–H and O–H groups in total. The molecule has 0 fully saturated rings. The normalized spacial score (nSPS) is 10.3. The number of aliphatic hydroxyl groups excluding tert-OH is 1. The zero-order valence-electron chi connectivity index (χ0n) is 8.73. The fraction of sp³-hybridized carbons (Fsp3) is 0.0833. The first-order valence-electron chi connectivity index (χ1n) is 4.88. The maximum absolute atomic E-state index is 9.08. The van der Waals surface area contributed by atoms with E-state index in [0.29, 0.717) is 22.2 Å². The molecule has 5 heteroatoms. The first kappa shape index (κ1) is 12.4. The van der Waals surface area contributed by atoms with Gasteiger partial charge in [0.1, 0.15) is 5.75 Å². The average Bonchev–Trinajstić information content (AvgIpc) is 2.32. The highest BCUT2D eigenvalue weighted by Crippen LogP contribution is 2.25. The minimum absolute atomic E-state index is 0.143. The van der Waals surface area contributed by atoms with E-state index in [1.165, 1.54) is 6.20 Å². The van der Waals surface area contributed by atoms with Crippen molar-refractivity contribution in [2.45, 2.75) is 6.61 Å². The molecule has 0 saturated carbocycles. The summed E-state index contributed by atoms with van der Waals surface area (Å²) in [7, 11) is 0. The van der Waals surface area contributed by atoms with Crippen LogP contribution in [-0.4, -0.2) is 10.1 Å². The second-order valence-electron chi connectivity index (χ2n) is 3.33. The number of aliphatic hydroxyl groups is 1. The molecule has 0 bridgehead atoms. The zero-order valence-corrected chi connectivity index (χ0v) is 11.1. The maximum Gasteiger partial charge on any atom is 0.219 e. The number of hydrogen-bond donors (Lipinski definition) is 1. The Kier molecular flexibility index (Phi) is 3.99. The standard InChI is InChI=1S/C12H9BrClNO2/c13-9-2-1-3-10(5-9)17-12-4-8(7-16)11(14)6-15-12/h1-6,16H,7H2. The van der Waals surface area contributed by atoms with Crippen molar-refractivity contribution in [1.29, 1.82) is 0 Å². The Balaban J connectivity index is 2.24. The number of halogens is 2. The summed E-state index contributed by atoms with van der Waals surface area (Å²) in [5, 5.41) is 9.50. The molecule has 0 aliphatic rings. The Bertz CT molecular complexity index is 534. The van der Waals surface area contributed by atoms with Gasteiger partial charge < -0.3 is 9.84 Å². The second kappa shape index (κ2) is 5.49. The summed E-state index contributed by atoms with van der Waals surface area (Å²) < 4.78 is 6.47. The van der Waals surface area contributed by atoms with E-state index in [9.17, 15) is 0 Å². The molecule has 0 atom stereocenters. The van der Waals surface area contributed by atoms with Gasteiger partial charge in [0, 0.05) is 22.3 Å². The van der Waals surface area contributed by atoms with Gasteiger partial charge in [-0.15, -0.1) is 0 Å². The molecule has 0 saturated heterocycles. The van der Waals surface area contributed by atoms with Gasteiger partial charge in [0.25, 0.3) is 0 Å². The summed E-state index contributed by atoms with van der Waals surface area (Å²) in [5.74, 6) is 1.06. The summed E-state index contributed by atoms with van der Waals surface area (Å²) in [6.07, 6.45) is 1.46. The van der Waals surface area contributed by atoms with Crippen LogP contribution in [0.1, 0.15) is 5.56 Å². The third-order valence-corrected chi connectivity index (χ3v) is 2.93. The molecule has 3 nitrogen and oxygen atoms in total.